The first-order valence-corrected chi connectivity index (χ1v) is 8.01. The van der Waals surface area contributed by atoms with Crippen LogP contribution < -0.4 is 9.80 Å². The lowest BCUT2D eigenvalue weighted by molar-refractivity contribution is 0.616. The van der Waals surface area contributed by atoms with Crippen molar-refractivity contribution in [3.8, 4) is 0 Å². The maximum absolute atomic E-state index is 4.58. The fourth-order valence-electron chi connectivity index (χ4n) is 3.35. The van der Waals surface area contributed by atoms with Crippen LogP contribution in [0.5, 0.6) is 0 Å². The minimum Gasteiger partial charge on any atom is -0.353 e. The number of fused-ring (bicyclic) bond motifs is 1. The quantitative estimate of drug-likeness (QED) is 0.836. The largest absolute Gasteiger partial charge is 0.353 e. The molecule has 22 heavy (non-hydrogen) atoms. The van der Waals surface area contributed by atoms with Crippen LogP contribution in [0.1, 0.15) is 24.1 Å². The minimum atomic E-state index is 0.826. The molecule has 114 valence electrons. The van der Waals surface area contributed by atoms with Gasteiger partial charge >= 0.3 is 0 Å². The first kappa shape index (κ1) is 13.4. The summed E-state index contributed by atoms with van der Waals surface area (Å²) >= 11 is 0. The number of hydrogen-bond donors (Lipinski definition) is 0. The Hall–Kier alpha value is -2.24. The number of anilines is 2. The minimum absolute atomic E-state index is 0.826. The second-order valence-corrected chi connectivity index (χ2v) is 5.85. The molecule has 0 amide bonds. The maximum Gasteiger partial charge on any atom is 0.225 e. The third kappa shape index (κ3) is 2.49. The van der Waals surface area contributed by atoms with Crippen molar-refractivity contribution in [3.05, 3.63) is 36.0 Å². The Labute approximate surface area is 130 Å². The highest BCUT2D eigenvalue weighted by atomic mass is 15.3. The fraction of sp³-hybridized carbons (Fsp3) is 0.500. The molecule has 6 heteroatoms. The van der Waals surface area contributed by atoms with E-state index in [1.807, 2.05) is 6.07 Å². The molecule has 0 N–H and O–H groups in total. The molecule has 2 aromatic heterocycles. The number of rotatable bonds is 2. The van der Waals surface area contributed by atoms with E-state index >= 15 is 0 Å². The second-order valence-electron chi connectivity index (χ2n) is 5.85. The standard InChI is InChI=1S/C16H20N6/c1-2-5-14-13(4-1)15(20-12-19-14)21-8-10-22(11-9-21)16-17-6-3-7-18-16/h3,6-7,12H,1-2,4-5,8-11H2. The summed E-state index contributed by atoms with van der Waals surface area (Å²) in [6.45, 7) is 3.79. The Kier molecular flexibility index (Phi) is 3.58. The zero-order valence-corrected chi connectivity index (χ0v) is 12.6. The molecule has 1 fully saturated rings. The van der Waals surface area contributed by atoms with Gasteiger partial charge in [-0.2, -0.15) is 0 Å². The van der Waals surface area contributed by atoms with Gasteiger partial charge in [0.1, 0.15) is 12.1 Å². The van der Waals surface area contributed by atoms with E-state index in [2.05, 4.69) is 29.7 Å². The molecule has 3 heterocycles. The van der Waals surface area contributed by atoms with Crippen LogP contribution in [-0.4, -0.2) is 46.1 Å². The lowest BCUT2D eigenvalue weighted by Gasteiger charge is -2.36. The van der Waals surface area contributed by atoms with E-state index in [9.17, 15) is 0 Å². The van der Waals surface area contributed by atoms with Crippen LogP contribution in [0.4, 0.5) is 11.8 Å². The van der Waals surface area contributed by atoms with Crippen molar-refractivity contribution in [1.29, 1.82) is 0 Å². The van der Waals surface area contributed by atoms with Gasteiger partial charge in [0.15, 0.2) is 0 Å². The third-order valence-electron chi connectivity index (χ3n) is 4.52. The molecule has 1 aliphatic carbocycles. The highest BCUT2D eigenvalue weighted by Crippen LogP contribution is 2.27. The van der Waals surface area contributed by atoms with Gasteiger partial charge in [-0.3, -0.25) is 0 Å². The summed E-state index contributed by atoms with van der Waals surface area (Å²) < 4.78 is 0. The Bertz CT molecular complexity index is 636. The van der Waals surface area contributed by atoms with Gasteiger partial charge in [0.25, 0.3) is 0 Å². The average molecular weight is 296 g/mol. The Morgan fingerprint density at radius 3 is 2.32 bits per heavy atom. The highest BCUT2D eigenvalue weighted by molar-refractivity contribution is 5.51. The molecule has 4 rings (SSSR count). The van der Waals surface area contributed by atoms with Gasteiger partial charge < -0.3 is 9.80 Å². The van der Waals surface area contributed by atoms with Gasteiger partial charge in [0, 0.05) is 49.8 Å². The monoisotopic (exact) mass is 296 g/mol. The fourth-order valence-corrected chi connectivity index (χ4v) is 3.35. The Morgan fingerprint density at radius 2 is 1.50 bits per heavy atom. The van der Waals surface area contributed by atoms with Gasteiger partial charge in [0.05, 0.1) is 0 Å². The van der Waals surface area contributed by atoms with Crippen molar-refractivity contribution < 1.29 is 0 Å². The number of aromatic nitrogens is 4. The number of hydrogen-bond acceptors (Lipinski definition) is 6. The molecule has 0 radical (unpaired) electrons. The van der Waals surface area contributed by atoms with Crippen LogP contribution in [0.2, 0.25) is 0 Å². The van der Waals surface area contributed by atoms with Crippen LogP contribution in [0.15, 0.2) is 24.8 Å². The SMILES string of the molecule is c1cnc(N2CCN(c3ncnc4c3CCCC4)CC2)nc1. The molecular formula is C16H20N6. The van der Waals surface area contributed by atoms with Gasteiger partial charge in [-0.25, -0.2) is 19.9 Å². The zero-order chi connectivity index (χ0) is 14.8. The van der Waals surface area contributed by atoms with Crippen LogP contribution >= 0.6 is 0 Å². The highest BCUT2D eigenvalue weighted by Gasteiger charge is 2.24. The van der Waals surface area contributed by atoms with Crippen molar-refractivity contribution in [2.75, 3.05) is 36.0 Å². The smallest absolute Gasteiger partial charge is 0.225 e. The van der Waals surface area contributed by atoms with Crippen LogP contribution in [-0.2, 0) is 12.8 Å². The van der Waals surface area contributed by atoms with Gasteiger partial charge in [-0.15, -0.1) is 0 Å². The molecule has 0 unspecified atom stereocenters. The third-order valence-corrected chi connectivity index (χ3v) is 4.52. The van der Waals surface area contributed by atoms with Crippen molar-refractivity contribution in [1.82, 2.24) is 19.9 Å². The lowest BCUT2D eigenvalue weighted by atomic mass is 9.96. The van der Waals surface area contributed by atoms with Crippen molar-refractivity contribution in [2.45, 2.75) is 25.7 Å². The van der Waals surface area contributed by atoms with Crippen LogP contribution in [0.25, 0.3) is 0 Å². The molecule has 1 saturated heterocycles. The summed E-state index contributed by atoms with van der Waals surface area (Å²) in [5, 5.41) is 0. The summed E-state index contributed by atoms with van der Waals surface area (Å²) in [4.78, 5) is 22.4. The number of piperazine rings is 1. The normalized spacial score (nSPS) is 18.2. The predicted molar refractivity (Wildman–Crippen MR) is 85.1 cm³/mol. The van der Waals surface area contributed by atoms with E-state index in [1.165, 1.54) is 24.1 Å². The Balaban J connectivity index is 1.50. The topological polar surface area (TPSA) is 58.0 Å². The first-order chi connectivity index (χ1) is 10.9. The molecule has 6 nitrogen and oxygen atoms in total. The van der Waals surface area contributed by atoms with E-state index in [4.69, 9.17) is 0 Å². The van der Waals surface area contributed by atoms with E-state index in [0.29, 0.717) is 0 Å². The number of aryl methyl sites for hydroxylation is 1. The van der Waals surface area contributed by atoms with E-state index in [0.717, 1.165) is 50.8 Å². The summed E-state index contributed by atoms with van der Waals surface area (Å²) in [7, 11) is 0. The van der Waals surface area contributed by atoms with Crippen molar-refractivity contribution in [3.63, 3.8) is 0 Å². The number of nitrogens with zero attached hydrogens (tertiary/aromatic N) is 6. The molecule has 0 saturated carbocycles. The summed E-state index contributed by atoms with van der Waals surface area (Å²) in [6.07, 6.45) is 10.1. The van der Waals surface area contributed by atoms with Gasteiger partial charge in [-0.05, 0) is 31.7 Å². The second kappa shape index (κ2) is 5.87. The Morgan fingerprint density at radius 1 is 0.773 bits per heavy atom. The molecule has 2 aromatic rings. The molecule has 0 bridgehead atoms. The predicted octanol–water partition coefficient (Wildman–Crippen LogP) is 1.47. The van der Waals surface area contributed by atoms with E-state index < -0.39 is 0 Å². The summed E-state index contributed by atoms with van der Waals surface area (Å²) in [6, 6.07) is 1.85. The van der Waals surface area contributed by atoms with Crippen molar-refractivity contribution >= 4 is 11.8 Å². The zero-order valence-electron chi connectivity index (χ0n) is 12.6. The molecule has 0 atom stereocenters. The van der Waals surface area contributed by atoms with Gasteiger partial charge in [0.2, 0.25) is 5.95 Å². The molecule has 1 aliphatic heterocycles. The maximum atomic E-state index is 4.58. The average Bonchev–Trinajstić information content (AvgIpc) is 2.62. The summed E-state index contributed by atoms with van der Waals surface area (Å²) in [5.41, 5.74) is 2.63. The lowest BCUT2D eigenvalue weighted by Crippen LogP contribution is -2.47. The molecular weight excluding hydrogens is 276 g/mol. The van der Waals surface area contributed by atoms with Crippen molar-refractivity contribution in [2.24, 2.45) is 0 Å². The molecule has 2 aliphatic rings. The van der Waals surface area contributed by atoms with Gasteiger partial charge in [-0.1, -0.05) is 0 Å². The summed E-state index contributed by atoms with van der Waals surface area (Å²) in [5.74, 6) is 1.98. The van der Waals surface area contributed by atoms with Crippen LogP contribution in [0.3, 0.4) is 0 Å². The first-order valence-electron chi connectivity index (χ1n) is 8.01. The van der Waals surface area contributed by atoms with E-state index in [-0.39, 0.29) is 0 Å². The molecule has 0 aromatic carbocycles. The van der Waals surface area contributed by atoms with E-state index in [1.54, 1.807) is 18.7 Å². The van der Waals surface area contributed by atoms with Crippen LogP contribution in [0, 0.1) is 0 Å². The molecule has 0 spiro atoms.